The zero-order valence-corrected chi connectivity index (χ0v) is 14.2. The highest BCUT2D eigenvalue weighted by Gasteiger charge is 2.52. The van der Waals surface area contributed by atoms with Crippen LogP contribution in [0.15, 0.2) is 53.5 Å². The second-order valence-corrected chi connectivity index (χ2v) is 6.85. The number of para-hydroxylation sites is 1. The molecule has 0 aliphatic heterocycles. The van der Waals surface area contributed by atoms with Gasteiger partial charge in [0, 0.05) is 42.8 Å². The molecule has 0 unspecified atom stereocenters. The quantitative estimate of drug-likeness (QED) is 0.939. The SMILES string of the molecule is CN(C(=O)c1cc[nH]c(=O)c1)[C@@H]1C[C@@H](Oc2ccccc2)C1(C)C. The predicted octanol–water partition coefficient (Wildman–Crippen LogP) is 2.69. The normalized spacial score (nSPS) is 21.6. The smallest absolute Gasteiger partial charge is 0.254 e. The summed E-state index contributed by atoms with van der Waals surface area (Å²) in [6, 6.07) is 12.8. The van der Waals surface area contributed by atoms with Gasteiger partial charge in [-0.1, -0.05) is 32.0 Å². The summed E-state index contributed by atoms with van der Waals surface area (Å²) in [6.45, 7) is 4.21. The first kappa shape index (κ1) is 16.3. The van der Waals surface area contributed by atoms with E-state index in [2.05, 4.69) is 18.8 Å². The van der Waals surface area contributed by atoms with E-state index in [1.807, 2.05) is 30.3 Å². The number of carbonyl (C=O) groups is 1. The molecule has 0 bridgehead atoms. The molecular weight excluding hydrogens is 304 g/mol. The summed E-state index contributed by atoms with van der Waals surface area (Å²) < 4.78 is 6.06. The predicted molar refractivity (Wildman–Crippen MR) is 92.2 cm³/mol. The second-order valence-electron chi connectivity index (χ2n) is 6.85. The Morgan fingerprint density at radius 1 is 1.25 bits per heavy atom. The Kier molecular flexibility index (Phi) is 4.18. The van der Waals surface area contributed by atoms with Crippen molar-refractivity contribution in [2.75, 3.05) is 7.05 Å². The molecule has 1 aromatic heterocycles. The highest BCUT2D eigenvalue weighted by molar-refractivity contribution is 5.94. The largest absolute Gasteiger partial charge is 0.490 e. The molecule has 5 nitrogen and oxygen atoms in total. The number of pyridine rings is 1. The van der Waals surface area contributed by atoms with Crippen molar-refractivity contribution in [2.24, 2.45) is 5.41 Å². The zero-order valence-electron chi connectivity index (χ0n) is 14.2. The molecule has 0 spiro atoms. The summed E-state index contributed by atoms with van der Waals surface area (Å²) in [6.07, 6.45) is 2.32. The highest BCUT2D eigenvalue weighted by Crippen LogP contribution is 2.45. The van der Waals surface area contributed by atoms with Gasteiger partial charge < -0.3 is 14.6 Å². The number of hydrogen-bond donors (Lipinski definition) is 1. The summed E-state index contributed by atoms with van der Waals surface area (Å²) in [5.41, 5.74) is -0.0292. The van der Waals surface area contributed by atoms with E-state index < -0.39 is 0 Å². The van der Waals surface area contributed by atoms with E-state index >= 15 is 0 Å². The van der Waals surface area contributed by atoms with Crippen molar-refractivity contribution in [2.45, 2.75) is 32.4 Å². The fourth-order valence-electron chi connectivity index (χ4n) is 3.31. The van der Waals surface area contributed by atoms with Crippen molar-refractivity contribution in [3.05, 3.63) is 64.6 Å². The Bertz CT molecular complexity index is 782. The zero-order chi connectivity index (χ0) is 17.3. The first-order chi connectivity index (χ1) is 11.4. The maximum Gasteiger partial charge on any atom is 0.254 e. The van der Waals surface area contributed by atoms with Crippen LogP contribution < -0.4 is 10.3 Å². The molecule has 2 aromatic rings. The maximum absolute atomic E-state index is 12.6. The Morgan fingerprint density at radius 3 is 2.58 bits per heavy atom. The van der Waals surface area contributed by atoms with Crippen molar-refractivity contribution in [1.82, 2.24) is 9.88 Å². The molecule has 126 valence electrons. The van der Waals surface area contributed by atoms with Gasteiger partial charge in [-0.15, -0.1) is 0 Å². The number of nitrogens with zero attached hydrogens (tertiary/aromatic N) is 1. The van der Waals surface area contributed by atoms with Gasteiger partial charge >= 0.3 is 0 Å². The van der Waals surface area contributed by atoms with E-state index in [1.165, 1.54) is 12.3 Å². The van der Waals surface area contributed by atoms with Gasteiger partial charge in [0.25, 0.3) is 5.91 Å². The van der Waals surface area contributed by atoms with Crippen LogP contribution in [0.3, 0.4) is 0 Å². The van der Waals surface area contributed by atoms with Crippen molar-refractivity contribution in [3.63, 3.8) is 0 Å². The molecule has 1 saturated carbocycles. The lowest BCUT2D eigenvalue weighted by Crippen LogP contribution is -2.63. The van der Waals surface area contributed by atoms with E-state index in [0.717, 1.165) is 12.2 Å². The van der Waals surface area contributed by atoms with Gasteiger partial charge in [0.1, 0.15) is 11.9 Å². The number of benzene rings is 1. The van der Waals surface area contributed by atoms with Gasteiger partial charge in [-0.3, -0.25) is 9.59 Å². The molecule has 24 heavy (non-hydrogen) atoms. The number of aromatic nitrogens is 1. The Morgan fingerprint density at radius 2 is 1.96 bits per heavy atom. The number of amides is 1. The molecule has 0 radical (unpaired) electrons. The minimum absolute atomic E-state index is 0.0549. The summed E-state index contributed by atoms with van der Waals surface area (Å²) in [5, 5.41) is 0. The molecule has 1 fully saturated rings. The van der Waals surface area contributed by atoms with Crippen LogP contribution in [0, 0.1) is 5.41 Å². The average Bonchev–Trinajstić information content (AvgIpc) is 2.58. The Labute approximate surface area is 141 Å². The van der Waals surface area contributed by atoms with Gasteiger partial charge in [-0.2, -0.15) is 0 Å². The van der Waals surface area contributed by atoms with Crippen LogP contribution in [0.4, 0.5) is 0 Å². The number of ether oxygens (including phenoxy) is 1. The minimum Gasteiger partial charge on any atom is -0.490 e. The lowest BCUT2D eigenvalue weighted by Gasteiger charge is -2.54. The van der Waals surface area contributed by atoms with Crippen LogP contribution in [0.5, 0.6) is 5.75 Å². The molecule has 1 amide bonds. The molecule has 1 N–H and O–H groups in total. The van der Waals surface area contributed by atoms with Crippen molar-refractivity contribution in [3.8, 4) is 5.75 Å². The van der Waals surface area contributed by atoms with E-state index in [-0.39, 0.29) is 29.0 Å². The highest BCUT2D eigenvalue weighted by atomic mass is 16.5. The number of nitrogens with one attached hydrogen (secondary N) is 1. The molecule has 5 heteroatoms. The maximum atomic E-state index is 12.6. The fraction of sp³-hybridized carbons (Fsp3) is 0.368. The lowest BCUT2D eigenvalue weighted by atomic mass is 9.63. The van der Waals surface area contributed by atoms with Crippen LogP contribution in [-0.2, 0) is 0 Å². The fourth-order valence-corrected chi connectivity index (χ4v) is 3.31. The van der Waals surface area contributed by atoms with Crippen molar-refractivity contribution < 1.29 is 9.53 Å². The standard InChI is InChI=1S/C19H22N2O3/c1-19(2)15(12-16(19)24-14-7-5-4-6-8-14)21(3)18(23)13-9-10-20-17(22)11-13/h4-11,15-16H,12H2,1-3H3,(H,20,22)/t15-,16-/m1/s1. The molecule has 0 saturated heterocycles. The van der Waals surface area contributed by atoms with Crippen molar-refractivity contribution in [1.29, 1.82) is 0 Å². The first-order valence-corrected chi connectivity index (χ1v) is 8.07. The van der Waals surface area contributed by atoms with E-state index in [9.17, 15) is 9.59 Å². The summed E-state index contributed by atoms with van der Waals surface area (Å²) in [7, 11) is 1.79. The van der Waals surface area contributed by atoms with Crippen LogP contribution >= 0.6 is 0 Å². The molecule has 1 heterocycles. The number of rotatable bonds is 4. The summed E-state index contributed by atoms with van der Waals surface area (Å²) in [4.78, 5) is 28.3. The third kappa shape index (κ3) is 2.94. The van der Waals surface area contributed by atoms with Gasteiger partial charge in [-0.25, -0.2) is 0 Å². The molecule has 1 aliphatic carbocycles. The lowest BCUT2D eigenvalue weighted by molar-refractivity contribution is -0.0886. The number of aromatic amines is 1. The average molecular weight is 326 g/mol. The molecular formula is C19H22N2O3. The first-order valence-electron chi connectivity index (χ1n) is 8.07. The van der Waals surface area contributed by atoms with Gasteiger partial charge in [0.15, 0.2) is 0 Å². The van der Waals surface area contributed by atoms with Crippen LogP contribution in [0.25, 0.3) is 0 Å². The van der Waals surface area contributed by atoms with Crippen LogP contribution in [-0.4, -0.2) is 35.0 Å². The number of H-pyrrole nitrogens is 1. The second kappa shape index (κ2) is 6.15. The number of carbonyl (C=O) groups excluding carboxylic acids is 1. The molecule has 2 atom stereocenters. The van der Waals surface area contributed by atoms with E-state index in [1.54, 1.807) is 18.0 Å². The van der Waals surface area contributed by atoms with E-state index in [0.29, 0.717) is 5.56 Å². The van der Waals surface area contributed by atoms with E-state index in [4.69, 9.17) is 4.74 Å². The summed E-state index contributed by atoms with van der Waals surface area (Å²) >= 11 is 0. The monoisotopic (exact) mass is 326 g/mol. The Balaban J connectivity index is 1.70. The van der Waals surface area contributed by atoms with Crippen LogP contribution in [0.2, 0.25) is 0 Å². The van der Waals surface area contributed by atoms with Crippen molar-refractivity contribution >= 4 is 5.91 Å². The van der Waals surface area contributed by atoms with Gasteiger partial charge in [-0.05, 0) is 18.2 Å². The van der Waals surface area contributed by atoms with Gasteiger partial charge in [0.05, 0.1) is 0 Å². The molecule has 3 rings (SSSR count). The topological polar surface area (TPSA) is 62.4 Å². The van der Waals surface area contributed by atoms with Crippen LogP contribution in [0.1, 0.15) is 30.6 Å². The molecule has 1 aromatic carbocycles. The third-order valence-corrected chi connectivity index (χ3v) is 4.96. The minimum atomic E-state index is -0.271. The Hall–Kier alpha value is -2.56. The van der Waals surface area contributed by atoms with Gasteiger partial charge in [0.2, 0.25) is 5.56 Å². The summed E-state index contributed by atoms with van der Waals surface area (Å²) in [5.74, 6) is 0.704. The molecule has 1 aliphatic rings. The third-order valence-electron chi connectivity index (χ3n) is 4.96. The number of hydrogen-bond acceptors (Lipinski definition) is 3.